The number of aryl methyl sites for hydroxylation is 2. The lowest BCUT2D eigenvalue weighted by Gasteiger charge is -2.23. The van der Waals surface area contributed by atoms with Crippen LogP contribution in [0.25, 0.3) is 16.0 Å². The number of anilines is 1. The van der Waals surface area contributed by atoms with Gasteiger partial charge in [-0.2, -0.15) is 0 Å². The third-order valence-corrected chi connectivity index (χ3v) is 7.34. The number of rotatable bonds is 6. The van der Waals surface area contributed by atoms with Crippen LogP contribution in [0, 0.1) is 6.92 Å². The van der Waals surface area contributed by atoms with Gasteiger partial charge in [-0.3, -0.25) is 14.5 Å². The number of hydrogen-bond acceptors (Lipinski definition) is 6. The van der Waals surface area contributed by atoms with Gasteiger partial charge in [0.25, 0.3) is 5.78 Å². The minimum atomic E-state index is -0.802. The summed E-state index contributed by atoms with van der Waals surface area (Å²) in [6, 6.07) is 19.7. The van der Waals surface area contributed by atoms with E-state index in [1.165, 1.54) is 16.2 Å². The minimum absolute atomic E-state index is 0.0452. The van der Waals surface area contributed by atoms with Crippen LogP contribution < -0.4 is 9.64 Å². The number of amides is 1. The van der Waals surface area contributed by atoms with Crippen LogP contribution in [0.5, 0.6) is 5.75 Å². The Kier molecular flexibility index (Phi) is 6.33. The SMILES string of the molecule is CCOc1ccc(C(O)=C2C(=O)C(=O)N(c3nc4ccc(C)cc4s3)C2c2ccc(CC)cc2)cc1. The molecule has 1 aromatic heterocycles. The maximum Gasteiger partial charge on any atom is 0.301 e. The predicted octanol–water partition coefficient (Wildman–Crippen LogP) is 6.19. The fourth-order valence-corrected chi connectivity index (χ4v) is 5.53. The van der Waals surface area contributed by atoms with E-state index in [2.05, 4.69) is 11.9 Å². The maximum absolute atomic E-state index is 13.4. The molecule has 7 heteroatoms. The molecule has 36 heavy (non-hydrogen) atoms. The molecule has 0 aliphatic carbocycles. The molecule has 0 spiro atoms. The van der Waals surface area contributed by atoms with Crippen molar-refractivity contribution in [2.45, 2.75) is 33.2 Å². The van der Waals surface area contributed by atoms with Crippen molar-refractivity contribution in [2.75, 3.05) is 11.5 Å². The average molecular weight is 499 g/mol. The quantitative estimate of drug-likeness (QED) is 0.195. The summed E-state index contributed by atoms with van der Waals surface area (Å²) in [4.78, 5) is 32.9. The second-order valence-electron chi connectivity index (χ2n) is 8.69. The normalized spacial score (nSPS) is 17.2. The van der Waals surface area contributed by atoms with Crippen LogP contribution in [-0.4, -0.2) is 28.4 Å². The van der Waals surface area contributed by atoms with E-state index in [1.807, 2.05) is 56.3 Å². The second kappa shape index (κ2) is 9.59. The summed E-state index contributed by atoms with van der Waals surface area (Å²) >= 11 is 1.36. The van der Waals surface area contributed by atoms with Crippen LogP contribution in [0.4, 0.5) is 5.13 Å². The molecular weight excluding hydrogens is 472 g/mol. The number of thiazole rings is 1. The summed E-state index contributed by atoms with van der Waals surface area (Å²) in [5.74, 6) is -1.00. The number of benzene rings is 3. The van der Waals surface area contributed by atoms with Crippen LogP contribution in [0.2, 0.25) is 0 Å². The molecule has 1 fully saturated rings. The topological polar surface area (TPSA) is 79.7 Å². The monoisotopic (exact) mass is 498 g/mol. The van der Waals surface area contributed by atoms with Crippen molar-refractivity contribution in [2.24, 2.45) is 0 Å². The molecule has 4 aromatic rings. The molecule has 1 amide bonds. The Balaban J connectivity index is 1.68. The average Bonchev–Trinajstić information content (AvgIpc) is 3.42. The van der Waals surface area contributed by atoms with Crippen molar-refractivity contribution in [3.8, 4) is 5.75 Å². The van der Waals surface area contributed by atoms with E-state index in [0.29, 0.717) is 23.1 Å². The molecule has 3 aromatic carbocycles. The number of aromatic nitrogens is 1. The van der Waals surface area contributed by atoms with Gasteiger partial charge in [0.05, 0.1) is 28.4 Å². The number of aliphatic hydroxyl groups is 1. The number of ether oxygens (including phenoxy) is 1. The third kappa shape index (κ3) is 4.16. The summed E-state index contributed by atoms with van der Waals surface area (Å²) in [6.45, 7) is 6.47. The summed E-state index contributed by atoms with van der Waals surface area (Å²) in [6.07, 6.45) is 0.865. The predicted molar refractivity (Wildman–Crippen MR) is 143 cm³/mol. The fourth-order valence-electron chi connectivity index (χ4n) is 4.43. The van der Waals surface area contributed by atoms with Crippen LogP contribution in [0.1, 0.15) is 42.1 Å². The molecule has 1 aliphatic rings. The highest BCUT2D eigenvalue weighted by molar-refractivity contribution is 7.22. The van der Waals surface area contributed by atoms with Gasteiger partial charge in [-0.05, 0) is 73.4 Å². The van der Waals surface area contributed by atoms with Crippen molar-refractivity contribution in [3.63, 3.8) is 0 Å². The molecule has 1 atom stereocenters. The molecule has 1 aliphatic heterocycles. The van der Waals surface area contributed by atoms with Crippen molar-refractivity contribution in [3.05, 3.63) is 94.6 Å². The number of Topliss-reactive ketones (excluding diaryl/α,β-unsaturated/α-hetero) is 1. The van der Waals surface area contributed by atoms with Gasteiger partial charge in [0.2, 0.25) is 0 Å². The summed E-state index contributed by atoms with van der Waals surface area (Å²) in [5.41, 5.74) is 4.19. The molecule has 1 N–H and O–H groups in total. The third-order valence-electron chi connectivity index (χ3n) is 6.33. The molecule has 6 nitrogen and oxygen atoms in total. The van der Waals surface area contributed by atoms with Crippen molar-refractivity contribution >= 4 is 44.1 Å². The van der Waals surface area contributed by atoms with Gasteiger partial charge in [0, 0.05) is 5.56 Å². The van der Waals surface area contributed by atoms with E-state index in [0.717, 1.165) is 33.3 Å². The molecule has 2 heterocycles. The zero-order chi connectivity index (χ0) is 25.4. The number of hydrogen-bond donors (Lipinski definition) is 1. The lowest BCUT2D eigenvalue weighted by molar-refractivity contribution is -0.132. The van der Waals surface area contributed by atoms with E-state index in [4.69, 9.17) is 4.74 Å². The van der Waals surface area contributed by atoms with Gasteiger partial charge in [-0.1, -0.05) is 48.6 Å². The zero-order valence-electron chi connectivity index (χ0n) is 20.3. The minimum Gasteiger partial charge on any atom is -0.507 e. The van der Waals surface area contributed by atoms with Crippen LogP contribution in [0.15, 0.2) is 72.3 Å². The van der Waals surface area contributed by atoms with Gasteiger partial charge in [0.15, 0.2) is 5.13 Å². The number of nitrogens with zero attached hydrogens (tertiary/aromatic N) is 2. The Morgan fingerprint density at radius 2 is 1.75 bits per heavy atom. The smallest absolute Gasteiger partial charge is 0.301 e. The van der Waals surface area contributed by atoms with E-state index >= 15 is 0 Å². The largest absolute Gasteiger partial charge is 0.507 e. The van der Waals surface area contributed by atoms with Gasteiger partial charge in [-0.15, -0.1) is 0 Å². The Morgan fingerprint density at radius 1 is 1.03 bits per heavy atom. The molecule has 1 unspecified atom stereocenters. The Labute approximate surface area is 213 Å². The van der Waals surface area contributed by atoms with E-state index in [9.17, 15) is 14.7 Å². The van der Waals surface area contributed by atoms with Crippen LogP contribution >= 0.6 is 11.3 Å². The van der Waals surface area contributed by atoms with Gasteiger partial charge < -0.3 is 9.84 Å². The second-order valence-corrected chi connectivity index (χ2v) is 9.70. The van der Waals surface area contributed by atoms with Crippen molar-refractivity contribution in [1.82, 2.24) is 4.98 Å². The van der Waals surface area contributed by atoms with Crippen molar-refractivity contribution < 1.29 is 19.4 Å². The summed E-state index contributed by atoms with van der Waals surface area (Å²) < 4.78 is 6.42. The van der Waals surface area contributed by atoms with Gasteiger partial charge in [-0.25, -0.2) is 4.98 Å². The molecule has 0 bridgehead atoms. The lowest BCUT2D eigenvalue weighted by atomic mass is 9.94. The van der Waals surface area contributed by atoms with Gasteiger partial charge in [0.1, 0.15) is 11.5 Å². The number of aliphatic hydroxyl groups excluding tert-OH is 1. The number of fused-ring (bicyclic) bond motifs is 1. The Hall–Kier alpha value is -3.97. The van der Waals surface area contributed by atoms with Crippen LogP contribution in [0.3, 0.4) is 0 Å². The van der Waals surface area contributed by atoms with E-state index in [-0.39, 0.29) is 11.3 Å². The first-order valence-corrected chi connectivity index (χ1v) is 12.7. The number of carbonyl (C=O) groups excluding carboxylic acids is 2. The first-order chi connectivity index (χ1) is 17.4. The summed E-state index contributed by atoms with van der Waals surface area (Å²) in [5, 5.41) is 11.7. The number of carbonyl (C=O) groups is 2. The van der Waals surface area contributed by atoms with E-state index < -0.39 is 17.7 Å². The molecule has 1 saturated heterocycles. The fraction of sp³-hybridized carbons (Fsp3) is 0.207. The number of ketones is 1. The lowest BCUT2D eigenvalue weighted by Crippen LogP contribution is -2.29. The maximum atomic E-state index is 13.4. The zero-order valence-corrected chi connectivity index (χ0v) is 21.1. The molecule has 182 valence electrons. The molecule has 0 radical (unpaired) electrons. The molecular formula is C29H26N2O4S. The molecule has 5 rings (SSSR count). The highest BCUT2D eigenvalue weighted by Crippen LogP contribution is 2.44. The summed E-state index contributed by atoms with van der Waals surface area (Å²) in [7, 11) is 0. The first-order valence-electron chi connectivity index (χ1n) is 11.9. The highest BCUT2D eigenvalue weighted by Gasteiger charge is 2.48. The van der Waals surface area contributed by atoms with Crippen molar-refractivity contribution in [1.29, 1.82) is 0 Å². The molecule has 0 saturated carbocycles. The first kappa shape index (κ1) is 23.8. The van der Waals surface area contributed by atoms with E-state index in [1.54, 1.807) is 24.3 Å². The Bertz CT molecular complexity index is 1490. The van der Waals surface area contributed by atoms with Gasteiger partial charge >= 0.3 is 5.91 Å². The highest BCUT2D eigenvalue weighted by atomic mass is 32.1. The van der Waals surface area contributed by atoms with Crippen LogP contribution in [-0.2, 0) is 16.0 Å². The Morgan fingerprint density at radius 3 is 2.42 bits per heavy atom. The standard InChI is InChI=1S/C29H26N2O4S/c1-4-18-7-9-19(10-8-18)25-24(26(32)20-11-13-21(14-12-20)35-5-2)27(33)28(34)31(25)29-30-22-15-6-17(3)16-23(22)36-29/h6-16,25,32H,4-5H2,1-3H3.